The number of carbonyl (C=O) groups is 1. The molecule has 18 heteroatoms. The van der Waals surface area contributed by atoms with Crippen LogP contribution < -0.4 is 16.3 Å². The van der Waals surface area contributed by atoms with Gasteiger partial charge in [0, 0.05) is 30.6 Å². The van der Waals surface area contributed by atoms with Crippen LogP contribution in [-0.2, 0) is 13.6 Å². The zero-order valence-electron chi connectivity index (χ0n) is 29.0. The van der Waals surface area contributed by atoms with Gasteiger partial charge in [0.15, 0.2) is 39.9 Å². The Bertz CT molecular complexity index is 1590. The lowest BCUT2D eigenvalue weighted by Crippen LogP contribution is -2.48. The predicted octanol–water partition coefficient (Wildman–Crippen LogP) is 7.28. The van der Waals surface area contributed by atoms with Crippen molar-refractivity contribution >= 4 is 34.0 Å². The Morgan fingerprint density at radius 2 is 1.62 bits per heavy atom. The topological polar surface area (TPSA) is 152 Å². The lowest BCUT2D eigenvalue weighted by Gasteiger charge is -2.40. The molecular weight excluding hydrogens is 671 g/mol. The number of carbonyl (C=O) groups excluding carboxylic acids is 1. The molecule has 1 aromatic heterocycles. The van der Waals surface area contributed by atoms with E-state index in [-0.39, 0.29) is 35.1 Å². The number of amides is 1. The van der Waals surface area contributed by atoms with Crippen LogP contribution in [0.5, 0.6) is 0 Å². The second-order valence-corrected chi connectivity index (χ2v) is 24.3. The van der Waals surface area contributed by atoms with Gasteiger partial charge in [-0.25, -0.2) is 22.4 Å². The van der Waals surface area contributed by atoms with Gasteiger partial charge in [-0.15, -0.1) is 0 Å². The van der Waals surface area contributed by atoms with Crippen LogP contribution in [-0.4, -0.2) is 64.0 Å². The molecule has 1 fully saturated rings. The molecule has 0 saturated carbocycles. The van der Waals surface area contributed by atoms with E-state index in [9.17, 15) is 27.2 Å². The number of hydrogen-bond donors (Lipinski definition) is 2. The SMILES string of the molecule is CC(C)(C)[Si](C)(C)OC[C@H]1O[C@@H](n2ccc(NCCNC(=O)c3c(F)c(F)c(N=[N+]=[N-])c(F)c3F)nc2=O)C[C@@H]1O[Si](C)(C)C(C)(C)C. The molecule has 0 bridgehead atoms. The summed E-state index contributed by atoms with van der Waals surface area (Å²) in [4.78, 5) is 31.6. The summed E-state index contributed by atoms with van der Waals surface area (Å²) in [7, 11) is -4.31. The molecule has 0 aliphatic carbocycles. The van der Waals surface area contributed by atoms with Gasteiger partial charge >= 0.3 is 5.69 Å². The fourth-order valence-corrected chi connectivity index (χ4v) is 6.72. The first-order valence-corrected chi connectivity index (χ1v) is 21.3. The lowest BCUT2D eigenvalue weighted by molar-refractivity contribution is -0.0411. The fourth-order valence-electron chi connectivity index (χ4n) is 4.34. The van der Waals surface area contributed by atoms with E-state index in [1.54, 1.807) is 0 Å². The first-order chi connectivity index (χ1) is 22.0. The smallest absolute Gasteiger partial charge is 0.351 e. The third kappa shape index (κ3) is 8.65. The van der Waals surface area contributed by atoms with Gasteiger partial charge < -0.3 is 24.2 Å². The van der Waals surface area contributed by atoms with Crippen molar-refractivity contribution in [2.24, 2.45) is 5.11 Å². The number of hydrogen-bond acceptors (Lipinski definition) is 8. The van der Waals surface area contributed by atoms with Gasteiger partial charge in [0.1, 0.15) is 29.4 Å². The quantitative estimate of drug-likeness (QED) is 0.0446. The molecule has 48 heavy (non-hydrogen) atoms. The third-order valence-electron chi connectivity index (χ3n) is 9.32. The second-order valence-electron chi connectivity index (χ2n) is 14.7. The first kappa shape index (κ1) is 39.2. The van der Waals surface area contributed by atoms with Crippen molar-refractivity contribution in [2.75, 3.05) is 25.0 Å². The van der Waals surface area contributed by atoms with Crippen molar-refractivity contribution in [2.45, 2.75) is 103 Å². The van der Waals surface area contributed by atoms with E-state index in [0.29, 0.717) is 13.0 Å². The molecule has 0 unspecified atom stereocenters. The summed E-state index contributed by atoms with van der Waals surface area (Å²) in [6, 6.07) is 1.52. The van der Waals surface area contributed by atoms with Crippen LogP contribution in [0.1, 0.15) is 64.5 Å². The van der Waals surface area contributed by atoms with Gasteiger partial charge in [-0.1, -0.05) is 46.7 Å². The third-order valence-corrected chi connectivity index (χ3v) is 18.3. The van der Waals surface area contributed by atoms with Gasteiger partial charge in [-0.05, 0) is 47.9 Å². The molecule has 3 rings (SSSR count). The highest BCUT2D eigenvalue weighted by Gasteiger charge is 2.46. The summed E-state index contributed by atoms with van der Waals surface area (Å²) in [5.41, 5.74) is 4.71. The second kappa shape index (κ2) is 14.7. The van der Waals surface area contributed by atoms with Crippen molar-refractivity contribution in [3.8, 4) is 0 Å². The molecule has 2 aromatic rings. The summed E-state index contributed by atoms with van der Waals surface area (Å²) in [6.07, 6.45) is 0.566. The van der Waals surface area contributed by atoms with Gasteiger partial charge in [-0.2, -0.15) is 4.98 Å². The van der Waals surface area contributed by atoms with Crippen LogP contribution >= 0.6 is 0 Å². The van der Waals surface area contributed by atoms with Crippen LogP contribution in [0, 0.1) is 23.3 Å². The maximum atomic E-state index is 14.3. The van der Waals surface area contributed by atoms with Gasteiger partial charge in [-0.3, -0.25) is 9.36 Å². The number of nitrogens with zero attached hydrogens (tertiary/aromatic N) is 5. The minimum Gasteiger partial charge on any atom is -0.414 e. The molecule has 0 spiro atoms. The summed E-state index contributed by atoms with van der Waals surface area (Å²) in [5, 5.41) is 7.46. The van der Waals surface area contributed by atoms with Gasteiger partial charge in [0.25, 0.3) is 5.91 Å². The minimum atomic E-state index is -2.21. The Balaban J connectivity index is 1.69. The molecule has 1 amide bonds. The van der Waals surface area contributed by atoms with Crippen LogP contribution in [0.3, 0.4) is 0 Å². The number of ether oxygens (including phenoxy) is 1. The van der Waals surface area contributed by atoms with E-state index in [0.717, 1.165) is 0 Å². The summed E-state index contributed by atoms with van der Waals surface area (Å²) in [6.45, 7) is 21.6. The Morgan fingerprint density at radius 1 is 1.04 bits per heavy atom. The minimum absolute atomic E-state index is 0.00476. The largest absolute Gasteiger partial charge is 0.414 e. The van der Waals surface area contributed by atoms with Crippen molar-refractivity contribution in [1.29, 1.82) is 0 Å². The Hall–Kier alpha value is -3.29. The zero-order valence-corrected chi connectivity index (χ0v) is 31.0. The number of rotatable bonds is 12. The number of halogens is 4. The summed E-state index contributed by atoms with van der Waals surface area (Å²) < 4.78 is 77.6. The lowest BCUT2D eigenvalue weighted by atomic mass is 10.1. The number of anilines is 1. The molecule has 12 nitrogen and oxygen atoms in total. The average molecular weight is 716 g/mol. The van der Waals surface area contributed by atoms with E-state index in [1.165, 1.54) is 16.8 Å². The van der Waals surface area contributed by atoms with Crippen LogP contribution in [0.25, 0.3) is 10.4 Å². The molecular formula is C30H45F4N7O5Si2. The van der Waals surface area contributed by atoms with Crippen molar-refractivity contribution in [1.82, 2.24) is 14.9 Å². The summed E-state index contributed by atoms with van der Waals surface area (Å²) in [5.74, 6) is -9.32. The average Bonchev–Trinajstić information content (AvgIpc) is 3.35. The maximum absolute atomic E-state index is 14.3. The van der Waals surface area contributed by atoms with E-state index in [2.05, 4.69) is 93.4 Å². The summed E-state index contributed by atoms with van der Waals surface area (Å²) >= 11 is 0. The molecule has 1 aromatic carbocycles. The zero-order chi connectivity index (χ0) is 36.4. The first-order valence-electron chi connectivity index (χ1n) is 15.5. The van der Waals surface area contributed by atoms with Crippen LogP contribution in [0.2, 0.25) is 36.3 Å². The Labute approximate surface area is 279 Å². The van der Waals surface area contributed by atoms with Crippen molar-refractivity contribution in [3.63, 3.8) is 0 Å². The number of benzene rings is 1. The van der Waals surface area contributed by atoms with E-state index < -0.39 is 75.1 Å². The Morgan fingerprint density at radius 3 is 2.15 bits per heavy atom. The molecule has 1 aliphatic rings. The standard InChI is InChI=1S/C30H45F4N7O5Si2/c1-29(2,3)47(7,8)44-16-18-17(46-48(9,10)30(4,5)6)15-20(45-18)41-14-11-19(38-28(41)43)36-12-13-37-27(42)21-22(31)24(33)26(39-40-35)25(34)23(21)32/h11,14,17-18,20H,12-13,15-16H2,1-10H3,(H,37,42)(H,36,38,43)/t17-,18+,20+/m0/s1. The van der Waals surface area contributed by atoms with E-state index in [1.807, 2.05) is 0 Å². The van der Waals surface area contributed by atoms with Gasteiger partial charge in [0.05, 0.1) is 12.7 Å². The molecule has 0 radical (unpaired) electrons. The molecule has 266 valence electrons. The molecule has 1 saturated heterocycles. The highest BCUT2D eigenvalue weighted by molar-refractivity contribution is 6.74. The fraction of sp³-hybridized carbons (Fsp3) is 0.633. The number of nitrogens with one attached hydrogen (secondary N) is 2. The van der Waals surface area contributed by atoms with Crippen molar-refractivity contribution < 1.29 is 35.9 Å². The normalized spacial score (nSPS) is 18.8. The van der Waals surface area contributed by atoms with Crippen LogP contribution in [0.15, 0.2) is 22.2 Å². The number of aromatic nitrogens is 2. The van der Waals surface area contributed by atoms with E-state index in [4.69, 9.17) is 19.1 Å². The predicted molar refractivity (Wildman–Crippen MR) is 178 cm³/mol. The monoisotopic (exact) mass is 715 g/mol. The highest BCUT2D eigenvalue weighted by atomic mass is 28.4. The molecule has 2 heterocycles. The van der Waals surface area contributed by atoms with E-state index >= 15 is 0 Å². The maximum Gasteiger partial charge on any atom is 0.351 e. The highest BCUT2D eigenvalue weighted by Crippen LogP contribution is 2.42. The molecule has 1 aliphatic heterocycles. The van der Waals surface area contributed by atoms with Gasteiger partial charge in [0.2, 0.25) is 0 Å². The molecule has 2 N–H and O–H groups in total. The number of azide groups is 1. The Kier molecular flexibility index (Phi) is 12.0. The molecule has 3 atom stereocenters. The van der Waals surface area contributed by atoms with Crippen molar-refractivity contribution in [3.05, 3.63) is 62.0 Å². The van der Waals surface area contributed by atoms with Crippen LogP contribution in [0.4, 0.5) is 29.1 Å².